The molecule has 0 atom stereocenters. The summed E-state index contributed by atoms with van der Waals surface area (Å²) in [4.78, 5) is 65.3. The molecule has 4 aromatic carbocycles. The predicted octanol–water partition coefficient (Wildman–Crippen LogP) is 4.66. The Labute approximate surface area is 503 Å². The molecule has 0 spiro atoms. The SMILES string of the molecule is C.C.C.CCO.NNC(=O)CCO.Nc1nc(-c2ccccc2)cc2nc(CCO)nn12.Nc1nc(Cl)cc(-c2ccccc2)n1.Nc1nc(NNC(=O)CCO)cc(-c2ccccc2)n1.Nc1nc(NNC(=O)CCO)cc(-c2ccccc2)n1. The molecule has 460 valence electrons. The first-order chi connectivity index (χ1) is 40.1. The Morgan fingerprint density at radius 1 is 0.477 bits per heavy atom. The highest BCUT2D eigenvalue weighted by Crippen LogP contribution is 2.23. The van der Waals surface area contributed by atoms with E-state index in [1.807, 2.05) is 133 Å². The number of nitrogens with two attached hydrogens (primary N) is 5. The number of nitrogen functional groups attached to an aromatic ring is 4. The van der Waals surface area contributed by atoms with Gasteiger partial charge in [0.1, 0.15) is 5.15 Å². The van der Waals surface area contributed by atoms with Crippen LogP contribution in [-0.2, 0) is 20.8 Å². The van der Waals surface area contributed by atoms with E-state index in [4.69, 9.17) is 60.1 Å². The molecule has 9 rings (SSSR count). The zero-order chi connectivity index (χ0) is 60.4. The number of rotatable bonds is 16. The third kappa shape index (κ3) is 26.4. The molecule has 0 aliphatic rings. The Bertz CT molecular complexity index is 3250. The van der Waals surface area contributed by atoms with E-state index in [-0.39, 0.29) is 116 Å². The van der Waals surface area contributed by atoms with E-state index < -0.39 is 0 Å². The van der Waals surface area contributed by atoms with E-state index in [0.29, 0.717) is 46.1 Å². The molecule has 20 N–H and O–H groups in total. The topological polar surface area (TPSA) is 463 Å². The number of fused-ring (bicyclic) bond motifs is 1. The molecule has 0 fully saturated rings. The molecule has 0 aliphatic heterocycles. The Balaban J connectivity index is 0.000000541. The van der Waals surface area contributed by atoms with Gasteiger partial charge in [0.25, 0.3) is 0 Å². The number of hydrazine groups is 3. The number of carbonyl (C=O) groups is 3. The minimum absolute atomic E-state index is 0. The number of nitrogens with one attached hydrogen (secondary N) is 5. The highest BCUT2D eigenvalue weighted by molar-refractivity contribution is 6.29. The number of aliphatic hydroxyl groups is 5. The van der Waals surface area contributed by atoms with Crippen molar-refractivity contribution in [3.63, 3.8) is 0 Å². The van der Waals surface area contributed by atoms with Gasteiger partial charge in [-0.15, -0.1) is 5.10 Å². The number of aliphatic hydroxyl groups excluding tert-OH is 5. The molecule has 0 bridgehead atoms. The van der Waals surface area contributed by atoms with Crippen molar-refractivity contribution in [1.29, 1.82) is 0 Å². The van der Waals surface area contributed by atoms with Gasteiger partial charge in [-0.3, -0.25) is 41.5 Å². The molecular weight excluding hydrogens is 1130 g/mol. The largest absolute Gasteiger partial charge is 0.397 e. The zero-order valence-corrected chi connectivity index (χ0v) is 45.7. The predicted molar refractivity (Wildman–Crippen MR) is 336 cm³/mol. The molecule has 5 heterocycles. The van der Waals surface area contributed by atoms with Crippen LogP contribution in [0.15, 0.2) is 146 Å². The first-order valence-electron chi connectivity index (χ1n) is 25.1. The number of carbonyl (C=O) groups excluding carboxylic acids is 3. The number of anilines is 6. The van der Waals surface area contributed by atoms with Crippen molar-refractivity contribution in [1.82, 2.24) is 65.8 Å². The van der Waals surface area contributed by atoms with Crippen LogP contribution in [0.2, 0.25) is 5.15 Å². The first kappa shape index (κ1) is 73.9. The van der Waals surface area contributed by atoms with Gasteiger partial charge in [0.15, 0.2) is 23.1 Å². The van der Waals surface area contributed by atoms with E-state index >= 15 is 0 Å². The highest BCUT2D eigenvalue weighted by atomic mass is 35.5. The molecular formula is C57H77ClN20O8. The van der Waals surface area contributed by atoms with Crippen LogP contribution < -0.4 is 55.9 Å². The average Bonchev–Trinajstić information content (AvgIpc) is 3.30. The Morgan fingerprint density at radius 3 is 1.16 bits per heavy atom. The second kappa shape index (κ2) is 41.0. The van der Waals surface area contributed by atoms with Gasteiger partial charge in [-0.1, -0.05) is 155 Å². The van der Waals surface area contributed by atoms with E-state index in [1.165, 1.54) is 4.52 Å². The lowest BCUT2D eigenvalue weighted by atomic mass is 10.1. The van der Waals surface area contributed by atoms with Gasteiger partial charge >= 0.3 is 0 Å². The average molecular weight is 1210 g/mol. The monoisotopic (exact) mass is 1200 g/mol. The number of nitrogens with zero attached hydrogens (tertiary/aromatic N) is 10. The van der Waals surface area contributed by atoms with Crippen molar-refractivity contribution in [3.05, 3.63) is 157 Å². The molecule has 0 saturated heterocycles. The molecule has 0 saturated carbocycles. The van der Waals surface area contributed by atoms with Crippen molar-refractivity contribution >= 4 is 70.4 Å². The minimum atomic E-state index is -0.345. The highest BCUT2D eigenvalue weighted by Gasteiger charge is 2.11. The van der Waals surface area contributed by atoms with Crippen LogP contribution in [0.4, 0.5) is 35.4 Å². The summed E-state index contributed by atoms with van der Waals surface area (Å²) >= 11 is 5.77. The molecule has 0 aliphatic carbocycles. The maximum atomic E-state index is 11.2. The molecule has 9 aromatic rings. The summed E-state index contributed by atoms with van der Waals surface area (Å²) < 4.78 is 1.48. The molecule has 86 heavy (non-hydrogen) atoms. The number of benzene rings is 4. The van der Waals surface area contributed by atoms with E-state index in [0.717, 1.165) is 33.6 Å². The Morgan fingerprint density at radius 2 is 0.826 bits per heavy atom. The van der Waals surface area contributed by atoms with Gasteiger partial charge in [0.2, 0.25) is 41.5 Å². The number of hydrogen-bond acceptors (Lipinski definition) is 24. The van der Waals surface area contributed by atoms with Crippen LogP contribution in [0, 0.1) is 0 Å². The number of amides is 3. The third-order valence-corrected chi connectivity index (χ3v) is 10.2. The summed E-state index contributed by atoms with van der Waals surface area (Å²) in [7, 11) is 0. The summed E-state index contributed by atoms with van der Waals surface area (Å²) in [5.41, 5.74) is 41.8. The third-order valence-electron chi connectivity index (χ3n) is 10.0. The molecule has 28 nitrogen and oxygen atoms in total. The molecule has 29 heteroatoms. The van der Waals surface area contributed by atoms with Crippen molar-refractivity contribution in [2.45, 2.75) is 54.9 Å². The summed E-state index contributed by atoms with van der Waals surface area (Å²) in [6.45, 7) is 1.36. The number of halogens is 1. The van der Waals surface area contributed by atoms with Gasteiger partial charge in [-0.05, 0) is 6.92 Å². The summed E-state index contributed by atoms with van der Waals surface area (Å²) in [5, 5.41) is 46.4. The van der Waals surface area contributed by atoms with Crippen LogP contribution in [0.25, 0.3) is 50.7 Å². The zero-order valence-electron chi connectivity index (χ0n) is 44.9. The van der Waals surface area contributed by atoms with Gasteiger partial charge in [-0.2, -0.15) is 14.5 Å². The van der Waals surface area contributed by atoms with E-state index in [9.17, 15) is 14.4 Å². The Kier molecular flexibility index (Phi) is 35.3. The normalized spacial score (nSPS) is 9.63. The maximum absolute atomic E-state index is 11.2. The van der Waals surface area contributed by atoms with Gasteiger partial charge in [0, 0.05) is 59.5 Å². The lowest BCUT2D eigenvalue weighted by Crippen LogP contribution is -2.30. The quantitative estimate of drug-likeness (QED) is 0.0271. The molecule has 0 radical (unpaired) electrons. The fourth-order valence-corrected chi connectivity index (χ4v) is 6.64. The molecule has 0 unspecified atom stereocenters. The second-order valence-electron chi connectivity index (χ2n) is 16.3. The van der Waals surface area contributed by atoms with Crippen LogP contribution >= 0.6 is 11.6 Å². The fourth-order valence-electron chi connectivity index (χ4n) is 6.45. The van der Waals surface area contributed by atoms with Crippen LogP contribution in [0.5, 0.6) is 0 Å². The summed E-state index contributed by atoms with van der Waals surface area (Å²) in [6, 6.07) is 45.3. The lowest BCUT2D eigenvalue weighted by molar-refractivity contribution is -0.122. The number of aromatic nitrogens is 10. The first-order valence-corrected chi connectivity index (χ1v) is 25.5. The number of hydrogen-bond donors (Lipinski definition) is 15. The van der Waals surface area contributed by atoms with E-state index in [1.54, 1.807) is 25.1 Å². The lowest BCUT2D eigenvalue weighted by Gasteiger charge is -2.09. The van der Waals surface area contributed by atoms with Crippen molar-refractivity contribution < 1.29 is 39.9 Å². The van der Waals surface area contributed by atoms with Crippen LogP contribution in [0.1, 0.15) is 54.3 Å². The molecule has 5 aromatic heterocycles. The van der Waals surface area contributed by atoms with Crippen molar-refractivity contribution in [2.75, 3.05) is 66.8 Å². The summed E-state index contributed by atoms with van der Waals surface area (Å²) in [6.07, 6.45) is 0.510. The van der Waals surface area contributed by atoms with Gasteiger partial charge in [0.05, 0.1) is 68.5 Å². The second-order valence-corrected chi connectivity index (χ2v) is 16.7. The smallest absolute Gasteiger partial charge is 0.240 e. The maximum Gasteiger partial charge on any atom is 0.240 e. The van der Waals surface area contributed by atoms with Crippen molar-refractivity contribution in [3.8, 4) is 45.0 Å². The minimum Gasteiger partial charge on any atom is -0.397 e. The van der Waals surface area contributed by atoms with E-state index in [2.05, 4.69) is 72.5 Å². The molecule has 3 amide bonds. The van der Waals surface area contributed by atoms with Crippen LogP contribution in [-0.4, -0.2) is 126 Å². The Hall–Kier alpha value is -10.1. The van der Waals surface area contributed by atoms with Gasteiger partial charge in [-0.25, -0.2) is 35.7 Å². The van der Waals surface area contributed by atoms with Gasteiger partial charge < -0.3 is 48.5 Å². The summed E-state index contributed by atoms with van der Waals surface area (Å²) in [5.74, 6) is 5.61. The van der Waals surface area contributed by atoms with Crippen LogP contribution in [0.3, 0.4) is 0 Å². The van der Waals surface area contributed by atoms with Crippen molar-refractivity contribution in [2.24, 2.45) is 5.84 Å². The standard InChI is InChI=1S/2C13H15N5O2.C13H13N5O.C10H8ClN3.C3H8N2O2.C2H6O.3CH4/c2*14-13-15-10(9-4-2-1-3-5-9)8-11(16-13)17-18-12(20)6-7-19;14-13-15-10(9-4-2-1-3-5-9)8-12-16-11(6-7-19)17-18(12)13;11-9-6-8(13-10(12)14-9)7-4-2-1-3-5-7;4-5-3(7)1-2-6;1-2-3;;;/h2*1-5,8,19H,6-7H2,(H,18,20)(H3,14,15,16,17);1-5,8,19H,6-7H2,(H2,14,15);1-6H,(H2,12,13,14);6H,1-2,4H2,(H,5,7);3H,2H2,1H3;3*1H4. The fraction of sp³-hybridized carbons (Fsp3) is 0.228.